The van der Waals surface area contributed by atoms with Crippen LogP contribution in [0.4, 0.5) is 14.5 Å². The monoisotopic (exact) mass is 293 g/mol. The molecule has 0 aliphatic rings. The fourth-order valence-electron chi connectivity index (χ4n) is 1.58. The summed E-state index contributed by atoms with van der Waals surface area (Å²) in [5.74, 6) is -3.92. The first-order chi connectivity index (χ1) is 8.60. The minimum atomic E-state index is -3.29. The third-order valence-corrected chi connectivity index (χ3v) is 3.34. The van der Waals surface area contributed by atoms with Crippen LogP contribution in [0.15, 0.2) is 12.1 Å². The molecular formula is C11H13F2NO4S. The zero-order valence-electron chi connectivity index (χ0n) is 10.3. The highest BCUT2D eigenvalue weighted by molar-refractivity contribution is 7.90. The van der Waals surface area contributed by atoms with Gasteiger partial charge in [-0.3, -0.25) is 0 Å². The molecule has 1 unspecified atom stereocenters. The largest absolute Gasteiger partial charge is 0.478 e. The van der Waals surface area contributed by atoms with Crippen LogP contribution in [0.5, 0.6) is 0 Å². The van der Waals surface area contributed by atoms with E-state index < -0.39 is 44.7 Å². The van der Waals surface area contributed by atoms with Crippen molar-refractivity contribution in [3.8, 4) is 0 Å². The second kappa shape index (κ2) is 5.52. The van der Waals surface area contributed by atoms with E-state index in [1.807, 2.05) is 0 Å². The number of hydrogen-bond acceptors (Lipinski definition) is 4. The Morgan fingerprint density at radius 2 is 1.84 bits per heavy atom. The Kier molecular flexibility index (Phi) is 4.46. The van der Waals surface area contributed by atoms with E-state index in [2.05, 4.69) is 5.32 Å². The number of hydrogen-bond donors (Lipinski definition) is 2. The summed E-state index contributed by atoms with van der Waals surface area (Å²) in [6, 6.07) is 0.622. The fourth-order valence-corrected chi connectivity index (χ4v) is 2.57. The van der Waals surface area contributed by atoms with E-state index in [9.17, 15) is 22.0 Å². The second-order valence-electron chi connectivity index (χ2n) is 4.26. The summed E-state index contributed by atoms with van der Waals surface area (Å²) in [7, 11) is -3.29. The number of carbonyl (C=O) groups is 1. The van der Waals surface area contributed by atoms with E-state index in [1.165, 1.54) is 6.92 Å². The van der Waals surface area contributed by atoms with Gasteiger partial charge in [-0.15, -0.1) is 0 Å². The fraction of sp³-hybridized carbons (Fsp3) is 0.364. The van der Waals surface area contributed by atoms with Crippen LogP contribution in [0.25, 0.3) is 0 Å². The predicted octanol–water partition coefficient (Wildman–Crippen LogP) is 1.51. The van der Waals surface area contributed by atoms with Gasteiger partial charge in [-0.1, -0.05) is 0 Å². The van der Waals surface area contributed by atoms with Crippen LogP contribution in [0, 0.1) is 11.6 Å². The number of carboxylic acid groups (broad SMARTS) is 1. The van der Waals surface area contributed by atoms with Crippen LogP contribution in [0.2, 0.25) is 0 Å². The van der Waals surface area contributed by atoms with Crippen LogP contribution < -0.4 is 5.32 Å². The summed E-state index contributed by atoms with van der Waals surface area (Å²) < 4.78 is 49.2. The minimum absolute atomic E-state index is 0.299. The lowest BCUT2D eigenvalue weighted by Gasteiger charge is -2.15. The number of carboxylic acids is 1. The van der Waals surface area contributed by atoms with E-state index in [1.54, 1.807) is 0 Å². The minimum Gasteiger partial charge on any atom is -0.478 e. The molecule has 0 spiro atoms. The van der Waals surface area contributed by atoms with Gasteiger partial charge >= 0.3 is 5.97 Å². The first kappa shape index (κ1) is 15.4. The molecule has 5 nitrogen and oxygen atoms in total. The normalized spacial score (nSPS) is 13.1. The lowest BCUT2D eigenvalue weighted by Crippen LogP contribution is -2.26. The van der Waals surface area contributed by atoms with Crippen LogP contribution in [-0.2, 0) is 9.84 Å². The molecule has 1 aromatic carbocycles. The van der Waals surface area contributed by atoms with Gasteiger partial charge < -0.3 is 10.4 Å². The molecule has 0 bridgehead atoms. The van der Waals surface area contributed by atoms with Crippen molar-refractivity contribution in [2.75, 3.05) is 17.3 Å². The first-order valence-corrected chi connectivity index (χ1v) is 7.33. The van der Waals surface area contributed by atoms with Gasteiger partial charge in [0.2, 0.25) is 0 Å². The maximum Gasteiger partial charge on any atom is 0.335 e. The number of anilines is 1. The highest BCUT2D eigenvalue weighted by Crippen LogP contribution is 2.21. The summed E-state index contributed by atoms with van der Waals surface area (Å²) >= 11 is 0. The average Bonchev–Trinajstić information content (AvgIpc) is 2.20. The van der Waals surface area contributed by atoms with E-state index in [0.29, 0.717) is 12.1 Å². The van der Waals surface area contributed by atoms with Gasteiger partial charge in [-0.25, -0.2) is 22.0 Å². The molecule has 1 atom stereocenters. The highest BCUT2D eigenvalue weighted by atomic mass is 32.2. The third-order valence-electron chi connectivity index (χ3n) is 2.23. The Labute approximate surface area is 109 Å². The van der Waals surface area contributed by atoms with Crippen molar-refractivity contribution in [2.24, 2.45) is 0 Å². The third kappa shape index (κ3) is 4.47. The number of nitrogens with one attached hydrogen (secondary N) is 1. The Balaban J connectivity index is 2.99. The molecule has 2 N–H and O–H groups in total. The molecule has 8 heteroatoms. The molecule has 0 aliphatic heterocycles. The van der Waals surface area contributed by atoms with Crippen molar-refractivity contribution >= 4 is 21.5 Å². The predicted molar refractivity (Wildman–Crippen MR) is 66.1 cm³/mol. The van der Waals surface area contributed by atoms with Gasteiger partial charge in [-0.2, -0.15) is 0 Å². The van der Waals surface area contributed by atoms with Gasteiger partial charge in [0.1, 0.15) is 27.2 Å². The second-order valence-corrected chi connectivity index (χ2v) is 6.44. The molecule has 0 heterocycles. The number of rotatable bonds is 5. The molecule has 0 radical (unpaired) electrons. The molecule has 1 rings (SSSR count). The molecule has 0 fully saturated rings. The molecule has 0 saturated carbocycles. The molecular weight excluding hydrogens is 280 g/mol. The van der Waals surface area contributed by atoms with Crippen LogP contribution >= 0.6 is 0 Å². The zero-order chi connectivity index (χ0) is 14.8. The number of halogens is 2. The standard InChI is InChI=1S/C11H13F2NO4S/c1-6(5-19(2,17)18)14-10-8(12)3-7(11(15)16)4-9(10)13/h3-4,6,14H,5H2,1-2H3,(H,15,16). The lowest BCUT2D eigenvalue weighted by atomic mass is 10.1. The zero-order valence-corrected chi connectivity index (χ0v) is 11.1. The van der Waals surface area contributed by atoms with Crippen molar-refractivity contribution in [3.05, 3.63) is 29.3 Å². The van der Waals surface area contributed by atoms with Gasteiger partial charge in [0.15, 0.2) is 0 Å². The van der Waals surface area contributed by atoms with Gasteiger partial charge in [0.05, 0.1) is 11.3 Å². The van der Waals surface area contributed by atoms with Crippen LogP contribution in [0.1, 0.15) is 17.3 Å². The maximum atomic E-state index is 13.5. The molecule has 0 aliphatic carbocycles. The Morgan fingerprint density at radius 1 is 1.37 bits per heavy atom. The quantitative estimate of drug-likeness (QED) is 0.859. The summed E-state index contributed by atoms with van der Waals surface area (Å²) in [5, 5.41) is 11.0. The van der Waals surface area contributed by atoms with Crippen molar-refractivity contribution in [1.82, 2.24) is 0 Å². The number of sulfone groups is 1. The smallest absolute Gasteiger partial charge is 0.335 e. The van der Waals surface area contributed by atoms with Gasteiger partial charge in [0, 0.05) is 12.3 Å². The molecule has 0 aromatic heterocycles. The van der Waals surface area contributed by atoms with Crippen molar-refractivity contribution in [2.45, 2.75) is 13.0 Å². The van der Waals surface area contributed by atoms with Crippen molar-refractivity contribution in [3.63, 3.8) is 0 Å². The molecule has 19 heavy (non-hydrogen) atoms. The molecule has 106 valence electrons. The van der Waals surface area contributed by atoms with E-state index in [-0.39, 0.29) is 5.75 Å². The average molecular weight is 293 g/mol. The first-order valence-electron chi connectivity index (χ1n) is 5.26. The topological polar surface area (TPSA) is 83.5 Å². The van der Waals surface area contributed by atoms with Crippen molar-refractivity contribution in [1.29, 1.82) is 0 Å². The van der Waals surface area contributed by atoms with Crippen LogP contribution in [-0.4, -0.2) is 37.5 Å². The van der Waals surface area contributed by atoms with Gasteiger partial charge in [-0.05, 0) is 19.1 Å². The number of benzene rings is 1. The van der Waals surface area contributed by atoms with Crippen LogP contribution in [0.3, 0.4) is 0 Å². The van der Waals surface area contributed by atoms with Crippen molar-refractivity contribution < 1.29 is 27.1 Å². The molecule has 0 saturated heterocycles. The Morgan fingerprint density at radius 3 is 2.21 bits per heavy atom. The lowest BCUT2D eigenvalue weighted by molar-refractivity contribution is 0.0696. The van der Waals surface area contributed by atoms with E-state index >= 15 is 0 Å². The van der Waals surface area contributed by atoms with E-state index in [0.717, 1.165) is 6.26 Å². The maximum absolute atomic E-state index is 13.5. The summed E-state index contributed by atoms with van der Waals surface area (Å²) in [5.41, 5.74) is -1.06. The Hall–Kier alpha value is -1.70. The van der Waals surface area contributed by atoms with E-state index in [4.69, 9.17) is 5.11 Å². The summed E-state index contributed by atoms with van der Waals surface area (Å²) in [4.78, 5) is 10.6. The molecule has 0 amide bonds. The molecule has 1 aromatic rings. The highest BCUT2D eigenvalue weighted by Gasteiger charge is 2.18. The van der Waals surface area contributed by atoms with Gasteiger partial charge in [0.25, 0.3) is 0 Å². The summed E-state index contributed by atoms with van der Waals surface area (Å²) in [6.45, 7) is 1.45. The Bertz CT molecular complexity index is 578. The summed E-state index contributed by atoms with van der Waals surface area (Å²) in [6.07, 6.45) is 1.01. The SMILES string of the molecule is CC(CS(C)(=O)=O)Nc1c(F)cc(C(=O)O)cc1F. The number of aromatic carboxylic acids is 1.